The molecule has 0 saturated carbocycles. The van der Waals surface area contributed by atoms with Crippen molar-refractivity contribution in [3.8, 4) is 16.9 Å². The SMILES string of the molecule is COc1ccc(-c2cc(C(=O)O)ccc2F)cc1C(=O)Nc1cc2ccc(Br)cc2cc1C(=O)Nc1ccc(F)c(C(F)(F)F)c1. The van der Waals surface area contributed by atoms with Crippen LogP contribution in [0.4, 0.5) is 33.3 Å². The number of halogens is 6. The van der Waals surface area contributed by atoms with Gasteiger partial charge in [0.25, 0.3) is 11.8 Å². The van der Waals surface area contributed by atoms with Crippen molar-refractivity contribution in [3.63, 3.8) is 0 Å². The number of carbonyl (C=O) groups is 3. The Balaban J connectivity index is 1.55. The molecule has 0 bridgehead atoms. The molecule has 0 fully saturated rings. The van der Waals surface area contributed by atoms with E-state index in [0.717, 1.165) is 24.3 Å². The second-order valence-electron chi connectivity index (χ2n) is 9.90. The van der Waals surface area contributed by atoms with Crippen LogP contribution in [0.5, 0.6) is 5.75 Å². The first kappa shape index (κ1) is 32.1. The lowest BCUT2D eigenvalue weighted by Crippen LogP contribution is -2.19. The Hall–Kier alpha value is -5.30. The van der Waals surface area contributed by atoms with Gasteiger partial charge in [0, 0.05) is 15.7 Å². The lowest BCUT2D eigenvalue weighted by atomic mass is 9.99. The van der Waals surface area contributed by atoms with E-state index < -0.39 is 41.2 Å². The first-order valence-corrected chi connectivity index (χ1v) is 14.0. The van der Waals surface area contributed by atoms with Crippen LogP contribution in [-0.2, 0) is 6.18 Å². The maximum absolute atomic E-state index is 14.7. The number of nitrogens with one attached hydrogen (secondary N) is 2. The zero-order chi connectivity index (χ0) is 33.3. The Kier molecular flexibility index (Phi) is 8.79. The molecule has 0 saturated heterocycles. The van der Waals surface area contributed by atoms with E-state index >= 15 is 0 Å². The minimum atomic E-state index is -5.01. The number of hydrogen-bond acceptors (Lipinski definition) is 4. The van der Waals surface area contributed by atoms with Crippen molar-refractivity contribution in [1.29, 1.82) is 0 Å². The number of carbonyl (C=O) groups excluding carboxylic acids is 2. The molecule has 5 aromatic carbocycles. The first-order valence-electron chi connectivity index (χ1n) is 13.2. The molecule has 0 radical (unpaired) electrons. The summed E-state index contributed by atoms with van der Waals surface area (Å²) in [5, 5.41) is 15.4. The summed E-state index contributed by atoms with van der Waals surface area (Å²) in [5.41, 5.74) is -2.32. The number of anilines is 2. The van der Waals surface area contributed by atoms with Gasteiger partial charge in [0.1, 0.15) is 17.4 Å². The number of amides is 2. The normalized spacial score (nSPS) is 11.3. The van der Waals surface area contributed by atoms with Gasteiger partial charge in [0.2, 0.25) is 0 Å². The molecule has 234 valence electrons. The molecule has 13 heteroatoms. The number of carboxylic acid groups (broad SMARTS) is 1. The Morgan fingerprint density at radius 1 is 0.761 bits per heavy atom. The van der Waals surface area contributed by atoms with Gasteiger partial charge in [0.15, 0.2) is 0 Å². The van der Waals surface area contributed by atoms with Gasteiger partial charge in [-0.25, -0.2) is 13.6 Å². The minimum Gasteiger partial charge on any atom is -0.496 e. The molecule has 0 spiro atoms. The summed E-state index contributed by atoms with van der Waals surface area (Å²) in [5.74, 6) is -5.18. The van der Waals surface area contributed by atoms with Crippen LogP contribution in [-0.4, -0.2) is 30.0 Å². The average Bonchev–Trinajstić information content (AvgIpc) is 3.01. The van der Waals surface area contributed by atoms with Crippen LogP contribution in [0.25, 0.3) is 21.9 Å². The molecular weight excluding hydrogens is 679 g/mol. The van der Waals surface area contributed by atoms with Gasteiger partial charge < -0.3 is 20.5 Å². The average molecular weight is 699 g/mol. The maximum atomic E-state index is 14.7. The molecule has 2 amide bonds. The summed E-state index contributed by atoms with van der Waals surface area (Å²) >= 11 is 3.34. The molecule has 0 aromatic heterocycles. The quantitative estimate of drug-likeness (QED) is 0.147. The minimum absolute atomic E-state index is 0.0398. The van der Waals surface area contributed by atoms with E-state index in [9.17, 15) is 41.4 Å². The number of hydrogen-bond donors (Lipinski definition) is 3. The van der Waals surface area contributed by atoms with E-state index in [1.807, 2.05) is 0 Å². The third-order valence-electron chi connectivity index (χ3n) is 6.93. The summed E-state index contributed by atoms with van der Waals surface area (Å²) < 4.78 is 74.4. The molecule has 7 nitrogen and oxygen atoms in total. The summed E-state index contributed by atoms with van der Waals surface area (Å²) in [7, 11) is 1.29. The van der Waals surface area contributed by atoms with Gasteiger partial charge in [-0.1, -0.05) is 28.1 Å². The van der Waals surface area contributed by atoms with E-state index in [1.165, 1.54) is 37.4 Å². The van der Waals surface area contributed by atoms with Crippen LogP contribution >= 0.6 is 15.9 Å². The van der Waals surface area contributed by atoms with Crippen molar-refractivity contribution >= 4 is 55.9 Å². The molecule has 3 N–H and O–H groups in total. The molecule has 0 heterocycles. The van der Waals surface area contributed by atoms with E-state index in [0.29, 0.717) is 27.4 Å². The van der Waals surface area contributed by atoms with Gasteiger partial charge in [-0.3, -0.25) is 9.59 Å². The summed E-state index contributed by atoms with van der Waals surface area (Å²) in [6.07, 6.45) is -5.01. The highest BCUT2D eigenvalue weighted by molar-refractivity contribution is 9.10. The van der Waals surface area contributed by atoms with Gasteiger partial charge in [-0.2, -0.15) is 13.2 Å². The fraction of sp³-hybridized carbons (Fsp3) is 0.0606. The number of aromatic carboxylic acids is 1. The molecule has 0 unspecified atom stereocenters. The van der Waals surface area contributed by atoms with Crippen LogP contribution in [0.1, 0.15) is 36.6 Å². The molecule has 0 atom stereocenters. The molecular formula is C33H20BrF5N2O5. The smallest absolute Gasteiger partial charge is 0.419 e. The predicted molar refractivity (Wildman–Crippen MR) is 164 cm³/mol. The van der Waals surface area contributed by atoms with Gasteiger partial charge in [0.05, 0.1) is 35.1 Å². The Labute approximate surface area is 265 Å². The van der Waals surface area contributed by atoms with E-state index in [-0.39, 0.29) is 44.9 Å². The second kappa shape index (κ2) is 12.6. The van der Waals surface area contributed by atoms with Crippen LogP contribution in [0.2, 0.25) is 0 Å². The number of alkyl halides is 3. The van der Waals surface area contributed by atoms with Crippen LogP contribution < -0.4 is 15.4 Å². The van der Waals surface area contributed by atoms with Crippen molar-refractivity contribution in [2.45, 2.75) is 6.18 Å². The highest BCUT2D eigenvalue weighted by Gasteiger charge is 2.34. The summed E-state index contributed by atoms with van der Waals surface area (Å²) in [4.78, 5) is 38.6. The van der Waals surface area contributed by atoms with Gasteiger partial charge in [-0.15, -0.1) is 0 Å². The van der Waals surface area contributed by atoms with E-state index in [2.05, 4.69) is 26.6 Å². The summed E-state index contributed by atoms with van der Waals surface area (Å²) in [6.45, 7) is 0. The predicted octanol–water partition coefficient (Wildman–Crippen LogP) is 8.78. The van der Waals surface area contributed by atoms with Gasteiger partial charge in [-0.05, 0) is 89.1 Å². The Morgan fingerprint density at radius 2 is 1.48 bits per heavy atom. The fourth-order valence-electron chi connectivity index (χ4n) is 4.70. The zero-order valence-corrected chi connectivity index (χ0v) is 25.0. The first-order chi connectivity index (χ1) is 21.7. The highest BCUT2D eigenvalue weighted by atomic mass is 79.9. The molecule has 0 aliphatic carbocycles. The number of benzene rings is 5. The molecule has 0 aliphatic rings. The largest absolute Gasteiger partial charge is 0.496 e. The number of ether oxygens (including phenoxy) is 1. The van der Waals surface area contributed by atoms with Crippen molar-refractivity contribution in [2.24, 2.45) is 0 Å². The van der Waals surface area contributed by atoms with Crippen molar-refractivity contribution in [3.05, 3.63) is 123 Å². The third-order valence-corrected chi connectivity index (χ3v) is 7.42. The summed E-state index contributed by atoms with van der Waals surface area (Å²) in [6, 6.07) is 17.3. The fourth-order valence-corrected chi connectivity index (χ4v) is 5.08. The molecule has 5 aromatic rings. The lowest BCUT2D eigenvalue weighted by Gasteiger charge is -2.16. The standard InChI is InChI=1S/C33H20BrF5N2O5/c1-46-29-9-4-17(22-12-18(32(44)45)3-7-26(22)35)11-24(29)31(43)41-28-14-16-2-5-20(34)10-19(16)13-23(28)30(42)40-21-6-8-27(36)25(15-21)33(37,38)39/h2-15H,1H3,(H,40,42)(H,41,43)(H,44,45). The number of carboxylic acids is 1. The Morgan fingerprint density at radius 3 is 2.17 bits per heavy atom. The van der Waals surface area contributed by atoms with Crippen LogP contribution in [0, 0.1) is 11.6 Å². The maximum Gasteiger partial charge on any atom is 0.419 e. The molecule has 5 rings (SSSR count). The Bertz CT molecular complexity index is 2050. The third kappa shape index (κ3) is 6.69. The van der Waals surface area contributed by atoms with Crippen LogP contribution in [0.15, 0.2) is 89.4 Å². The second-order valence-corrected chi connectivity index (χ2v) is 10.8. The topological polar surface area (TPSA) is 105 Å². The number of fused-ring (bicyclic) bond motifs is 1. The lowest BCUT2D eigenvalue weighted by molar-refractivity contribution is -0.139. The van der Waals surface area contributed by atoms with Crippen molar-refractivity contribution < 1.29 is 46.2 Å². The number of rotatable bonds is 7. The molecule has 0 aliphatic heterocycles. The van der Waals surface area contributed by atoms with Crippen molar-refractivity contribution in [1.82, 2.24) is 0 Å². The van der Waals surface area contributed by atoms with E-state index in [4.69, 9.17) is 4.74 Å². The molecule has 46 heavy (non-hydrogen) atoms. The monoisotopic (exact) mass is 698 g/mol. The van der Waals surface area contributed by atoms with Crippen molar-refractivity contribution in [2.75, 3.05) is 17.7 Å². The zero-order valence-electron chi connectivity index (χ0n) is 23.4. The van der Waals surface area contributed by atoms with Gasteiger partial charge >= 0.3 is 12.1 Å². The van der Waals surface area contributed by atoms with Crippen LogP contribution in [0.3, 0.4) is 0 Å². The van der Waals surface area contributed by atoms with E-state index in [1.54, 1.807) is 18.2 Å². The highest BCUT2D eigenvalue weighted by Crippen LogP contribution is 2.35. The number of methoxy groups -OCH3 is 1.